The van der Waals surface area contributed by atoms with E-state index in [2.05, 4.69) is 17.4 Å². The zero-order chi connectivity index (χ0) is 9.30. The minimum absolute atomic E-state index is 0.408. The molecule has 1 aromatic rings. The lowest BCUT2D eigenvalue weighted by Crippen LogP contribution is -2.02. The molecule has 0 fully saturated rings. The number of methoxy groups -OCH3 is 1. The van der Waals surface area contributed by atoms with E-state index < -0.39 is 5.97 Å². The second-order valence-electron chi connectivity index (χ2n) is 2.43. The van der Waals surface area contributed by atoms with Crippen molar-refractivity contribution in [2.45, 2.75) is 18.7 Å². The van der Waals surface area contributed by atoms with Gasteiger partial charge in [-0.1, -0.05) is 0 Å². The lowest BCUT2D eigenvalue weighted by atomic mass is 10.2. The second kappa shape index (κ2) is 3.23. The van der Waals surface area contributed by atoms with Crippen molar-refractivity contribution in [3.63, 3.8) is 0 Å². The summed E-state index contributed by atoms with van der Waals surface area (Å²) in [6.07, 6.45) is 0. The molecule has 0 bridgehead atoms. The summed E-state index contributed by atoms with van der Waals surface area (Å²) in [4.78, 5) is 11.7. The first kappa shape index (κ1) is 9.19. The molecule has 1 aromatic heterocycles. The first-order chi connectivity index (χ1) is 5.57. The Hall–Kier alpha value is -0.900. The molecular formula is C8H10O3S. The van der Waals surface area contributed by atoms with Crippen molar-refractivity contribution in [3.8, 4) is 0 Å². The van der Waals surface area contributed by atoms with Crippen molar-refractivity contribution < 1.29 is 13.9 Å². The number of carbonyl (C=O) groups is 1. The van der Waals surface area contributed by atoms with Crippen molar-refractivity contribution in [1.82, 2.24) is 0 Å². The first-order valence-electron chi connectivity index (χ1n) is 3.45. The molecule has 0 aliphatic rings. The number of rotatable bonds is 1. The molecule has 1 heterocycles. The normalized spacial score (nSPS) is 10.0. The molecule has 0 N–H and O–H groups in total. The van der Waals surface area contributed by atoms with Crippen LogP contribution in [0.25, 0.3) is 0 Å². The number of hydrogen-bond donors (Lipinski definition) is 1. The summed E-state index contributed by atoms with van der Waals surface area (Å²) in [6.45, 7) is 3.46. The Balaban J connectivity index is 3.22. The molecule has 0 aliphatic carbocycles. The fourth-order valence-corrected chi connectivity index (χ4v) is 1.31. The van der Waals surface area contributed by atoms with Gasteiger partial charge in [-0.3, -0.25) is 0 Å². The minimum atomic E-state index is -0.408. The number of ether oxygens (including phenoxy) is 1. The Morgan fingerprint density at radius 2 is 2.00 bits per heavy atom. The van der Waals surface area contributed by atoms with Crippen molar-refractivity contribution >= 4 is 18.6 Å². The Labute approximate surface area is 76.1 Å². The van der Waals surface area contributed by atoms with Crippen LogP contribution in [0.4, 0.5) is 0 Å². The summed E-state index contributed by atoms with van der Waals surface area (Å²) in [7, 11) is 1.33. The molecule has 0 aliphatic heterocycles. The number of furan rings is 1. The van der Waals surface area contributed by atoms with Crippen LogP contribution in [0, 0.1) is 13.8 Å². The lowest BCUT2D eigenvalue weighted by Gasteiger charge is -1.96. The fourth-order valence-electron chi connectivity index (χ4n) is 1.01. The maximum absolute atomic E-state index is 11.1. The highest BCUT2D eigenvalue weighted by atomic mass is 32.1. The third-order valence-electron chi connectivity index (χ3n) is 1.62. The van der Waals surface area contributed by atoms with Crippen LogP contribution in [0.3, 0.4) is 0 Å². The van der Waals surface area contributed by atoms with Crippen molar-refractivity contribution in [3.05, 3.63) is 17.1 Å². The summed E-state index contributed by atoms with van der Waals surface area (Å²) in [5, 5.41) is 0. The van der Waals surface area contributed by atoms with E-state index in [1.54, 1.807) is 13.8 Å². The Morgan fingerprint density at radius 1 is 1.42 bits per heavy atom. The molecule has 3 nitrogen and oxygen atoms in total. The van der Waals surface area contributed by atoms with Crippen LogP contribution < -0.4 is 0 Å². The maximum atomic E-state index is 11.1. The molecule has 0 amide bonds. The van der Waals surface area contributed by atoms with E-state index in [0.29, 0.717) is 22.0 Å². The fraction of sp³-hybridized carbons (Fsp3) is 0.375. The van der Waals surface area contributed by atoms with Crippen LogP contribution >= 0.6 is 12.6 Å². The zero-order valence-electron chi connectivity index (χ0n) is 7.17. The van der Waals surface area contributed by atoms with E-state index in [4.69, 9.17) is 4.42 Å². The predicted octanol–water partition coefficient (Wildman–Crippen LogP) is 1.97. The Bertz CT molecular complexity index is 314. The van der Waals surface area contributed by atoms with Crippen molar-refractivity contribution in [1.29, 1.82) is 0 Å². The van der Waals surface area contributed by atoms with Crippen LogP contribution in [0.2, 0.25) is 0 Å². The second-order valence-corrected chi connectivity index (χ2v) is 2.88. The smallest absolute Gasteiger partial charge is 0.342 e. The number of carbonyl (C=O) groups excluding carboxylic acids is 1. The quantitative estimate of drug-likeness (QED) is 0.538. The van der Waals surface area contributed by atoms with Crippen molar-refractivity contribution in [2.75, 3.05) is 7.11 Å². The third kappa shape index (κ3) is 1.34. The van der Waals surface area contributed by atoms with Gasteiger partial charge in [0.2, 0.25) is 0 Å². The number of esters is 1. The predicted molar refractivity (Wildman–Crippen MR) is 46.8 cm³/mol. The lowest BCUT2D eigenvalue weighted by molar-refractivity contribution is 0.0595. The van der Waals surface area contributed by atoms with E-state index >= 15 is 0 Å². The summed E-state index contributed by atoms with van der Waals surface area (Å²) >= 11 is 4.13. The SMILES string of the molecule is COC(=O)c1c(C)oc(C)c1S. The van der Waals surface area contributed by atoms with Crippen LogP contribution in [-0.4, -0.2) is 13.1 Å². The van der Waals surface area contributed by atoms with Crippen LogP contribution in [0.5, 0.6) is 0 Å². The number of hydrogen-bond acceptors (Lipinski definition) is 4. The summed E-state index contributed by atoms with van der Waals surface area (Å²) in [5.74, 6) is 0.773. The Kier molecular flexibility index (Phi) is 2.47. The van der Waals surface area contributed by atoms with Gasteiger partial charge in [0.25, 0.3) is 0 Å². The molecule has 0 saturated carbocycles. The zero-order valence-corrected chi connectivity index (χ0v) is 8.07. The molecule has 0 atom stereocenters. The first-order valence-corrected chi connectivity index (χ1v) is 3.90. The molecule has 0 aromatic carbocycles. The monoisotopic (exact) mass is 186 g/mol. The molecule has 1 rings (SSSR count). The average Bonchev–Trinajstić information content (AvgIpc) is 2.26. The Morgan fingerprint density at radius 3 is 2.33 bits per heavy atom. The average molecular weight is 186 g/mol. The van der Waals surface area contributed by atoms with E-state index in [1.807, 2.05) is 0 Å². The van der Waals surface area contributed by atoms with Crippen LogP contribution in [-0.2, 0) is 4.74 Å². The van der Waals surface area contributed by atoms with Gasteiger partial charge in [-0.2, -0.15) is 0 Å². The topological polar surface area (TPSA) is 39.4 Å². The van der Waals surface area contributed by atoms with Crippen LogP contribution in [0.15, 0.2) is 9.31 Å². The van der Waals surface area contributed by atoms with Gasteiger partial charge in [0, 0.05) is 0 Å². The van der Waals surface area contributed by atoms with Gasteiger partial charge in [-0.05, 0) is 13.8 Å². The standard InChI is InChI=1S/C8H10O3S/c1-4-6(8(9)10-3)7(12)5(2)11-4/h12H,1-3H3. The maximum Gasteiger partial charge on any atom is 0.342 e. The van der Waals surface area contributed by atoms with Crippen molar-refractivity contribution in [2.24, 2.45) is 0 Å². The van der Waals surface area contributed by atoms with E-state index in [-0.39, 0.29) is 0 Å². The summed E-state index contributed by atoms with van der Waals surface area (Å²) in [6, 6.07) is 0. The van der Waals surface area contributed by atoms with Gasteiger partial charge < -0.3 is 9.15 Å². The van der Waals surface area contributed by atoms with E-state index in [9.17, 15) is 4.79 Å². The highest BCUT2D eigenvalue weighted by Crippen LogP contribution is 2.25. The summed E-state index contributed by atoms with van der Waals surface area (Å²) in [5.41, 5.74) is 0.415. The van der Waals surface area contributed by atoms with Gasteiger partial charge >= 0.3 is 5.97 Å². The minimum Gasteiger partial charge on any atom is -0.465 e. The number of aryl methyl sites for hydroxylation is 2. The van der Waals surface area contributed by atoms with Gasteiger partial charge in [-0.15, -0.1) is 12.6 Å². The number of thiol groups is 1. The largest absolute Gasteiger partial charge is 0.465 e. The van der Waals surface area contributed by atoms with Gasteiger partial charge in [0.1, 0.15) is 17.1 Å². The molecular weight excluding hydrogens is 176 g/mol. The molecule has 0 spiro atoms. The molecule has 66 valence electrons. The van der Waals surface area contributed by atoms with E-state index in [0.717, 1.165) is 0 Å². The molecule has 0 unspecified atom stereocenters. The van der Waals surface area contributed by atoms with E-state index in [1.165, 1.54) is 7.11 Å². The molecule has 4 heteroatoms. The third-order valence-corrected chi connectivity index (χ3v) is 2.16. The highest BCUT2D eigenvalue weighted by Gasteiger charge is 2.19. The highest BCUT2D eigenvalue weighted by molar-refractivity contribution is 7.80. The van der Waals surface area contributed by atoms with Gasteiger partial charge in [0.05, 0.1) is 12.0 Å². The van der Waals surface area contributed by atoms with Gasteiger partial charge in [-0.25, -0.2) is 4.79 Å². The van der Waals surface area contributed by atoms with Gasteiger partial charge in [0.15, 0.2) is 0 Å². The molecule has 0 saturated heterocycles. The summed E-state index contributed by atoms with van der Waals surface area (Å²) < 4.78 is 9.75. The van der Waals surface area contributed by atoms with Crippen LogP contribution in [0.1, 0.15) is 21.9 Å². The molecule has 12 heavy (non-hydrogen) atoms. The molecule has 0 radical (unpaired) electrons.